The normalized spacial score (nSPS) is 12.8. The topological polar surface area (TPSA) is 93.4 Å². The number of nitrogens with zero attached hydrogens (tertiary/aromatic N) is 3. The summed E-state index contributed by atoms with van der Waals surface area (Å²) in [7, 11) is -3.60. The Kier molecular flexibility index (Phi) is 7.76. The zero-order valence-electron chi connectivity index (χ0n) is 19.7. The average molecular weight is 488 g/mol. The number of thioether (sulfide) groups is 1. The van der Waals surface area contributed by atoms with E-state index in [9.17, 15) is 13.2 Å². The molecule has 7 nitrogen and oxygen atoms in total. The average Bonchev–Trinajstić information content (AvgIpc) is 3.25. The molecule has 0 bridgehead atoms. The number of ketones is 1. The highest BCUT2D eigenvalue weighted by atomic mass is 32.2. The molecule has 0 aliphatic rings. The van der Waals surface area contributed by atoms with Gasteiger partial charge >= 0.3 is 0 Å². The van der Waals surface area contributed by atoms with Gasteiger partial charge in [-0.15, -0.1) is 10.2 Å². The van der Waals surface area contributed by atoms with Crippen molar-refractivity contribution >= 4 is 27.6 Å². The van der Waals surface area contributed by atoms with E-state index >= 15 is 0 Å². The Morgan fingerprint density at radius 2 is 1.70 bits per heavy atom. The van der Waals surface area contributed by atoms with Crippen molar-refractivity contribution in [1.82, 2.24) is 14.5 Å². The fourth-order valence-electron chi connectivity index (χ4n) is 3.53. The van der Waals surface area contributed by atoms with Crippen LogP contribution in [0.25, 0.3) is 11.5 Å². The molecule has 0 saturated heterocycles. The van der Waals surface area contributed by atoms with E-state index in [0.29, 0.717) is 24.2 Å². The minimum atomic E-state index is -3.60. The van der Waals surface area contributed by atoms with E-state index in [2.05, 4.69) is 10.2 Å². The predicted octanol–water partition coefficient (Wildman–Crippen LogP) is 5.06. The summed E-state index contributed by atoms with van der Waals surface area (Å²) in [5.74, 6) is 0.198. The summed E-state index contributed by atoms with van der Waals surface area (Å²) in [6, 6.07) is 10.4. The first-order valence-corrected chi connectivity index (χ1v) is 13.1. The Labute approximate surface area is 199 Å². The van der Waals surface area contributed by atoms with Crippen LogP contribution in [0.4, 0.5) is 0 Å². The highest BCUT2D eigenvalue weighted by Gasteiger charge is 2.24. The third-order valence-corrected chi connectivity index (χ3v) is 8.56. The lowest BCUT2D eigenvalue weighted by Gasteiger charge is -2.18. The number of benzene rings is 2. The number of hydrogen-bond acceptors (Lipinski definition) is 7. The van der Waals surface area contributed by atoms with Crippen molar-refractivity contribution in [1.29, 1.82) is 0 Å². The second-order valence-electron chi connectivity index (χ2n) is 7.87. The standard InChI is InChI=1S/C24H29N3O4S2/c1-7-27(8-2)33(29,30)20-11-9-10-19(14-20)23-25-26-24(31-23)32-18(6)22(28)21-13-16(4)15(3)12-17(21)5/h9-14,18H,7-8H2,1-6H3. The summed E-state index contributed by atoms with van der Waals surface area (Å²) in [4.78, 5) is 13.2. The summed E-state index contributed by atoms with van der Waals surface area (Å²) in [5.41, 5.74) is 4.35. The van der Waals surface area contributed by atoms with Gasteiger partial charge in [0.25, 0.3) is 5.22 Å². The molecule has 1 heterocycles. The summed E-state index contributed by atoms with van der Waals surface area (Å²) < 4.78 is 32.8. The molecule has 3 rings (SSSR count). The van der Waals surface area contributed by atoms with Crippen LogP contribution in [0.5, 0.6) is 0 Å². The van der Waals surface area contributed by atoms with Gasteiger partial charge in [-0.1, -0.05) is 37.7 Å². The van der Waals surface area contributed by atoms with Crippen LogP contribution < -0.4 is 0 Å². The maximum absolute atomic E-state index is 13.0. The quantitative estimate of drug-likeness (QED) is 0.308. The zero-order valence-corrected chi connectivity index (χ0v) is 21.4. The van der Waals surface area contributed by atoms with Gasteiger partial charge in [-0.25, -0.2) is 8.42 Å². The van der Waals surface area contributed by atoms with Gasteiger partial charge in [-0.05, 0) is 68.7 Å². The highest BCUT2D eigenvalue weighted by molar-refractivity contribution is 8.00. The Morgan fingerprint density at radius 1 is 1.03 bits per heavy atom. The number of aryl methyl sites for hydroxylation is 3. The van der Waals surface area contributed by atoms with Crippen molar-refractivity contribution in [3.8, 4) is 11.5 Å². The summed E-state index contributed by atoms with van der Waals surface area (Å²) in [6.07, 6.45) is 0. The van der Waals surface area contributed by atoms with Gasteiger partial charge in [-0.3, -0.25) is 4.79 Å². The lowest BCUT2D eigenvalue weighted by molar-refractivity contribution is 0.0993. The first kappa shape index (κ1) is 25.1. The molecule has 9 heteroatoms. The van der Waals surface area contributed by atoms with E-state index in [-0.39, 0.29) is 21.8 Å². The van der Waals surface area contributed by atoms with Crippen LogP contribution in [0.3, 0.4) is 0 Å². The number of Topliss-reactive ketones (excluding diaryl/α,β-unsaturated/α-hetero) is 1. The van der Waals surface area contributed by atoms with Crippen molar-refractivity contribution in [2.75, 3.05) is 13.1 Å². The highest BCUT2D eigenvalue weighted by Crippen LogP contribution is 2.30. The van der Waals surface area contributed by atoms with Crippen molar-refractivity contribution in [2.45, 2.75) is 56.9 Å². The fraction of sp³-hybridized carbons (Fsp3) is 0.375. The maximum atomic E-state index is 13.0. The van der Waals surface area contributed by atoms with Crippen LogP contribution in [0.2, 0.25) is 0 Å². The second kappa shape index (κ2) is 10.2. The SMILES string of the molecule is CCN(CC)S(=O)(=O)c1cccc(-c2nnc(SC(C)C(=O)c3cc(C)c(C)cc3C)o2)c1. The summed E-state index contributed by atoms with van der Waals surface area (Å²) >= 11 is 1.19. The third-order valence-electron chi connectivity index (χ3n) is 5.58. The first-order chi connectivity index (χ1) is 15.6. The minimum absolute atomic E-state index is 0.00679. The molecule has 0 N–H and O–H groups in total. The third kappa shape index (κ3) is 5.37. The van der Waals surface area contributed by atoms with E-state index in [1.54, 1.807) is 32.0 Å². The summed E-state index contributed by atoms with van der Waals surface area (Å²) in [6.45, 7) is 12.1. The van der Waals surface area contributed by atoms with Gasteiger partial charge in [0.15, 0.2) is 5.78 Å². The Bertz CT molecular complexity index is 1260. The van der Waals surface area contributed by atoms with E-state index in [1.807, 2.05) is 39.8 Å². The molecule has 1 atom stereocenters. The van der Waals surface area contributed by atoms with Crippen molar-refractivity contribution in [2.24, 2.45) is 0 Å². The summed E-state index contributed by atoms with van der Waals surface area (Å²) in [5, 5.41) is 7.95. The van der Waals surface area contributed by atoms with Gasteiger partial charge in [0.1, 0.15) is 0 Å². The molecule has 1 aromatic heterocycles. The minimum Gasteiger partial charge on any atom is -0.411 e. The molecule has 33 heavy (non-hydrogen) atoms. The second-order valence-corrected chi connectivity index (χ2v) is 11.1. The van der Waals surface area contributed by atoms with E-state index in [4.69, 9.17) is 4.42 Å². The van der Waals surface area contributed by atoms with Crippen molar-refractivity contribution in [3.63, 3.8) is 0 Å². The van der Waals surface area contributed by atoms with Gasteiger partial charge in [-0.2, -0.15) is 4.31 Å². The molecule has 0 spiro atoms. The van der Waals surface area contributed by atoms with Crippen LogP contribution in [0, 0.1) is 20.8 Å². The first-order valence-electron chi connectivity index (χ1n) is 10.8. The number of rotatable bonds is 9. The van der Waals surface area contributed by atoms with Crippen LogP contribution in [0.15, 0.2) is 50.9 Å². The van der Waals surface area contributed by atoms with Crippen LogP contribution in [0.1, 0.15) is 47.8 Å². The smallest absolute Gasteiger partial charge is 0.277 e. The molecule has 0 saturated carbocycles. The molecule has 1 unspecified atom stereocenters. The number of carbonyl (C=O) groups is 1. The Morgan fingerprint density at radius 3 is 2.36 bits per heavy atom. The van der Waals surface area contributed by atoms with Crippen LogP contribution in [-0.2, 0) is 10.0 Å². The Balaban J connectivity index is 1.81. The Hall–Kier alpha value is -2.49. The molecule has 2 aromatic carbocycles. The van der Waals surface area contributed by atoms with Gasteiger partial charge in [0, 0.05) is 24.2 Å². The fourth-order valence-corrected chi connectivity index (χ4v) is 5.78. The largest absolute Gasteiger partial charge is 0.411 e. The lowest BCUT2D eigenvalue weighted by atomic mass is 9.97. The number of hydrogen-bond donors (Lipinski definition) is 0. The predicted molar refractivity (Wildman–Crippen MR) is 130 cm³/mol. The maximum Gasteiger partial charge on any atom is 0.277 e. The van der Waals surface area contributed by atoms with Gasteiger partial charge < -0.3 is 4.42 Å². The van der Waals surface area contributed by atoms with Gasteiger partial charge in [0.2, 0.25) is 15.9 Å². The monoisotopic (exact) mass is 487 g/mol. The van der Waals surface area contributed by atoms with Gasteiger partial charge in [0.05, 0.1) is 10.1 Å². The molecule has 0 fully saturated rings. The van der Waals surface area contributed by atoms with E-state index in [1.165, 1.54) is 22.1 Å². The molecular formula is C24H29N3O4S2. The molecule has 0 radical (unpaired) electrons. The van der Waals surface area contributed by atoms with Crippen LogP contribution >= 0.6 is 11.8 Å². The lowest BCUT2D eigenvalue weighted by Crippen LogP contribution is -2.30. The van der Waals surface area contributed by atoms with Crippen LogP contribution in [-0.4, -0.2) is 47.0 Å². The van der Waals surface area contributed by atoms with E-state index in [0.717, 1.165) is 16.7 Å². The molecule has 3 aromatic rings. The number of carbonyl (C=O) groups excluding carboxylic acids is 1. The van der Waals surface area contributed by atoms with Crippen molar-refractivity contribution < 1.29 is 17.6 Å². The zero-order chi connectivity index (χ0) is 24.3. The number of aromatic nitrogens is 2. The molecule has 0 aliphatic heterocycles. The molecular weight excluding hydrogens is 458 g/mol. The van der Waals surface area contributed by atoms with E-state index < -0.39 is 15.3 Å². The van der Waals surface area contributed by atoms with Crippen molar-refractivity contribution in [3.05, 3.63) is 58.7 Å². The molecule has 0 amide bonds. The number of sulfonamides is 1. The molecule has 176 valence electrons. The molecule has 0 aliphatic carbocycles.